The molecule has 0 saturated carbocycles. The summed E-state index contributed by atoms with van der Waals surface area (Å²) in [5.74, 6) is 0. The number of hydrogen-bond acceptors (Lipinski definition) is 6. The molecular weight excluding hydrogens is 176 g/mol. The predicted octanol–water partition coefficient (Wildman–Crippen LogP) is -2.70. The normalized spacial score (nSPS) is 18.7. The molecule has 6 nitrogen and oxygen atoms in total. The molecule has 0 bridgehead atoms. The zero-order valence-corrected chi connectivity index (χ0v) is 7.59. The van der Waals surface area contributed by atoms with Crippen molar-refractivity contribution < 1.29 is 20.4 Å². The van der Waals surface area contributed by atoms with E-state index in [2.05, 4.69) is 5.32 Å². The monoisotopic (exact) mass is 194 g/mol. The molecular formula is C7H18N2O4. The summed E-state index contributed by atoms with van der Waals surface area (Å²) in [5, 5.41) is 37.8. The van der Waals surface area contributed by atoms with Gasteiger partial charge in [-0.1, -0.05) is 6.92 Å². The average molecular weight is 194 g/mol. The van der Waals surface area contributed by atoms with E-state index in [4.69, 9.17) is 21.1 Å². The van der Waals surface area contributed by atoms with Gasteiger partial charge in [-0.15, -0.1) is 0 Å². The first-order valence-electron chi connectivity index (χ1n) is 4.21. The lowest BCUT2D eigenvalue weighted by atomic mass is 10.2. The Hall–Kier alpha value is -0.240. The summed E-state index contributed by atoms with van der Waals surface area (Å²) in [7, 11) is 0. The van der Waals surface area contributed by atoms with E-state index in [1.165, 1.54) is 0 Å². The molecule has 0 aromatic carbocycles. The zero-order chi connectivity index (χ0) is 10.4. The van der Waals surface area contributed by atoms with Gasteiger partial charge < -0.3 is 26.2 Å². The lowest BCUT2D eigenvalue weighted by Gasteiger charge is -2.24. The van der Waals surface area contributed by atoms with Gasteiger partial charge in [0.05, 0.1) is 0 Å². The van der Waals surface area contributed by atoms with Crippen LogP contribution in [-0.4, -0.2) is 51.6 Å². The SMILES string of the molecule is CCC(CN)NC(O)C(O)C(O)O. The van der Waals surface area contributed by atoms with Crippen LogP contribution in [0.15, 0.2) is 0 Å². The highest BCUT2D eigenvalue weighted by molar-refractivity contribution is 4.73. The number of aliphatic hydroxyl groups excluding tert-OH is 3. The molecule has 0 fully saturated rings. The second-order valence-corrected chi connectivity index (χ2v) is 2.86. The fraction of sp³-hybridized carbons (Fsp3) is 1.00. The van der Waals surface area contributed by atoms with E-state index in [1.807, 2.05) is 6.92 Å². The van der Waals surface area contributed by atoms with Gasteiger partial charge in [-0.05, 0) is 6.42 Å². The van der Waals surface area contributed by atoms with Crippen molar-refractivity contribution in [3.8, 4) is 0 Å². The smallest absolute Gasteiger partial charge is 0.182 e. The van der Waals surface area contributed by atoms with Gasteiger partial charge in [0.2, 0.25) is 0 Å². The van der Waals surface area contributed by atoms with Crippen LogP contribution < -0.4 is 11.1 Å². The molecule has 0 radical (unpaired) electrons. The third-order valence-electron chi connectivity index (χ3n) is 1.81. The summed E-state index contributed by atoms with van der Waals surface area (Å²) in [5.41, 5.74) is 5.33. The maximum Gasteiger partial charge on any atom is 0.182 e. The molecule has 0 heterocycles. The van der Waals surface area contributed by atoms with Gasteiger partial charge in [-0.2, -0.15) is 0 Å². The highest BCUT2D eigenvalue weighted by Gasteiger charge is 2.23. The maximum absolute atomic E-state index is 9.18. The van der Waals surface area contributed by atoms with Crippen molar-refractivity contribution in [2.75, 3.05) is 6.54 Å². The molecule has 6 heteroatoms. The van der Waals surface area contributed by atoms with E-state index < -0.39 is 18.6 Å². The van der Waals surface area contributed by atoms with Crippen LogP contribution in [0.5, 0.6) is 0 Å². The molecule has 0 spiro atoms. The second-order valence-electron chi connectivity index (χ2n) is 2.86. The van der Waals surface area contributed by atoms with Crippen molar-refractivity contribution in [2.45, 2.75) is 38.0 Å². The van der Waals surface area contributed by atoms with Gasteiger partial charge in [0.25, 0.3) is 0 Å². The Morgan fingerprint density at radius 1 is 1.23 bits per heavy atom. The quantitative estimate of drug-likeness (QED) is 0.256. The molecule has 3 unspecified atom stereocenters. The number of rotatable bonds is 6. The molecule has 0 rings (SSSR count). The van der Waals surface area contributed by atoms with E-state index in [-0.39, 0.29) is 6.04 Å². The second kappa shape index (κ2) is 6.25. The van der Waals surface area contributed by atoms with Gasteiger partial charge in [0.1, 0.15) is 12.3 Å². The van der Waals surface area contributed by atoms with Crippen LogP contribution in [0.2, 0.25) is 0 Å². The summed E-state index contributed by atoms with van der Waals surface area (Å²) in [6.07, 6.45) is -4.28. The van der Waals surface area contributed by atoms with Crippen molar-refractivity contribution in [1.29, 1.82) is 0 Å². The predicted molar refractivity (Wildman–Crippen MR) is 46.5 cm³/mol. The van der Waals surface area contributed by atoms with Crippen LogP contribution in [0.1, 0.15) is 13.3 Å². The number of nitrogens with one attached hydrogen (secondary N) is 1. The molecule has 0 amide bonds. The zero-order valence-electron chi connectivity index (χ0n) is 7.59. The number of aliphatic hydroxyl groups is 4. The van der Waals surface area contributed by atoms with Crippen molar-refractivity contribution in [2.24, 2.45) is 5.73 Å². The highest BCUT2D eigenvalue weighted by atomic mass is 16.5. The summed E-state index contributed by atoms with van der Waals surface area (Å²) >= 11 is 0. The first-order chi connectivity index (χ1) is 6.02. The third-order valence-corrected chi connectivity index (χ3v) is 1.81. The largest absolute Gasteiger partial charge is 0.384 e. The van der Waals surface area contributed by atoms with Gasteiger partial charge in [0, 0.05) is 12.6 Å². The molecule has 0 aliphatic rings. The molecule has 0 aliphatic heterocycles. The Bertz CT molecular complexity index is 130. The summed E-state index contributed by atoms with van der Waals surface area (Å²) < 4.78 is 0. The molecule has 13 heavy (non-hydrogen) atoms. The fourth-order valence-electron chi connectivity index (χ4n) is 0.856. The fourth-order valence-corrected chi connectivity index (χ4v) is 0.856. The van der Waals surface area contributed by atoms with E-state index in [9.17, 15) is 5.11 Å². The first kappa shape index (κ1) is 12.8. The van der Waals surface area contributed by atoms with Crippen LogP contribution >= 0.6 is 0 Å². The third kappa shape index (κ3) is 4.51. The van der Waals surface area contributed by atoms with Gasteiger partial charge >= 0.3 is 0 Å². The first-order valence-corrected chi connectivity index (χ1v) is 4.21. The highest BCUT2D eigenvalue weighted by Crippen LogP contribution is 1.97. The molecule has 0 aliphatic carbocycles. The standard InChI is InChI=1S/C7H18N2O4/c1-2-4(3-8)9-6(11)5(10)7(12)13/h4-7,9-13H,2-3,8H2,1H3. The van der Waals surface area contributed by atoms with Gasteiger partial charge in [-0.3, -0.25) is 5.32 Å². The maximum atomic E-state index is 9.18. The Morgan fingerprint density at radius 3 is 2.08 bits per heavy atom. The molecule has 0 aromatic heterocycles. The van der Waals surface area contributed by atoms with Crippen molar-refractivity contribution in [1.82, 2.24) is 5.32 Å². The number of nitrogens with two attached hydrogens (primary N) is 1. The topological polar surface area (TPSA) is 119 Å². The van der Waals surface area contributed by atoms with Gasteiger partial charge in [-0.25, -0.2) is 0 Å². The Kier molecular flexibility index (Phi) is 6.13. The van der Waals surface area contributed by atoms with Crippen LogP contribution in [0.4, 0.5) is 0 Å². The lowest BCUT2D eigenvalue weighted by molar-refractivity contribution is -0.164. The Labute approximate surface area is 77.0 Å². The average Bonchev–Trinajstić information content (AvgIpc) is 2.12. The van der Waals surface area contributed by atoms with Crippen LogP contribution in [0, 0.1) is 0 Å². The molecule has 80 valence electrons. The summed E-state index contributed by atoms with van der Waals surface area (Å²) in [4.78, 5) is 0. The lowest BCUT2D eigenvalue weighted by Crippen LogP contribution is -2.51. The molecule has 7 N–H and O–H groups in total. The molecule has 3 atom stereocenters. The van der Waals surface area contributed by atoms with Crippen molar-refractivity contribution >= 4 is 0 Å². The van der Waals surface area contributed by atoms with E-state index in [0.29, 0.717) is 13.0 Å². The Balaban J connectivity index is 3.89. The van der Waals surface area contributed by atoms with Crippen LogP contribution in [0.3, 0.4) is 0 Å². The van der Waals surface area contributed by atoms with Gasteiger partial charge in [0.15, 0.2) is 6.29 Å². The number of hydrogen-bond donors (Lipinski definition) is 6. The van der Waals surface area contributed by atoms with E-state index in [1.54, 1.807) is 0 Å². The van der Waals surface area contributed by atoms with E-state index in [0.717, 1.165) is 0 Å². The van der Waals surface area contributed by atoms with Crippen molar-refractivity contribution in [3.05, 3.63) is 0 Å². The summed E-state index contributed by atoms with van der Waals surface area (Å²) in [6, 6.07) is -0.150. The molecule has 0 aromatic rings. The molecule has 0 saturated heterocycles. The summed E-state index contributed by atoms with van der Waals surface area (Å²) in [6.45, 7) is 2.17. The van der Waals surface area contributed by atoms with Crippen LogP contribution in [0.25, 0.3) is 0 Å². The Morgan fingerprint density at radius 2 is 1.77 bits per heavy atom. The minimum atomic E-state index is -1.96. The van der Waals surface area contributed by atoms with Crippen molar-refractivity contribution in [3.63, 3.8) is 0 Å². The van der Waals surface area contributed by atoms with Crippen LogP contribution in [-0.2, 0) is 0 Å². The van der Waals surface area contributed by atoms with E-state index >= 15 is 0 Å². The minimum absolute atomic E-state index is 0.150. The minimum Gasteiger partial charge on any atom is -0.384 e.